The predicted octanol–water partition coefficient (Wildman–Crippen LogP) is 8.43. The van der Waals surface area contributed by atoms with E-state index in [0.717, 1.165) is 71.4 Å². The van der Waals surface area contributed by atoms with E-state index in [1.54, 1.807) is 4.57 Å². The molecule has 2 aliphatic rings. The van der Waals surface area contributed by atoms with Crippen LogP contribution in [0.25, 0.3) is 11.2 Å². The fraction of sp³-hybridized carbons (Fsp3) is 0.698. The van der Waals surface area contributed by atoms with Gasteiger partial charge in [-0.05, 0) is 87.8 Å². The zero-order valence-corrected chi connectivity index (χ0v) is 34.5. The van der Waals surface area contributed by atoms with Crippen molar-refractivity contribution in [1.82, 2.24) is 19.5 Å². The first-order valence-electron chi connectivity index (χ1n) is 20.6. The lowest BCUT2D eigenvalue weighted by molar-refractivity contribution is -0.156. The second kappa shape index (κ2) is 18.9. The Balaban J connectivity index is 1.10. The molecule has 1 fully saturated rings. The van der Waals surface area contributed by atoms with Crippen molar-refractivity contribution in [3.05, 3.63) is 34.9 Å². The Hall–Kier alpha value is -3.77. The summed E-state index contributed by atoms with van der Waals surface area (Å²) < 4.78 is 26.1. The van der Waals surface area contributed by atoms with Gasteiger partial charge in [0.25, 0.3) is 0 Å². The molecular weight excluding hydrogens is 699 g/mol. The third-order valence-electron chi connectivity index (χ3n) is 11.9. The van der Waals surface area contributed by atoms with Crippen molar-refractivity contribution < 1.29 is 33.6 Å². The Bertz CT molecular complexity index is 1780. The number of hydrogen-bond acceptors (Lipinski definition) is 11. The SMILES string of the molecule is Cc1c(C)c2c(c(C)c1OC(=O)CCC(=O)O[C@@H]1C[C@@H](CO)O[C@H]1n1cnc3c(N)ncnc31)CC[C@@](C)(CCC[C@H](C)CCC[C@H](C)CCCC(C)C)O2. The van der Waals surface area contributed by atoms with Crippen molar-refractivity contribution in [1.29, 1.82) is 0 Å². The number of carbonyl (C=O) groups is 2. The molecule has 0 bridgehead atoms. The van der Waals surface area contributed by atoms with E-state index in [9.17, 15) is 14.7 Å². The van der Waals surface area contributed by atoms with Gasteiger partial charge < -0.3 is 29.8 Å². The first kappa shape index (κ1) is 42.4. The summed E-state index contributed by atoms with van der Waals surface area (Å²) in [6, 6.07) is 0. The maximum Gasteiger partial charge on any atom is 0.311 e. The van der Waals surface area contributed by atoms with Gasteiger partial charge in [0.05, 0.1) is 31.9 Å². The van der Waals surface area contributed by atoms with Crippen LogP contribution < -0.4 is 15.2 Å². The lowest BCUT2D eigenvalue weighted by Crippen LogP contribution is -2.37. The van der Waals surface area contributed by atoms with Crippen molar-refractivity contribution in [3.63, 3.8) is 0 Å². The number of benzene rings is 1. The van der Waals surface area contributed by atoms with Crippen LogP contribution in [0.15, 0.2) is 12.7 Å². The number of aliphatic hydroxyl groups excluding tert-OH is 1. The number of nitrogens with two attached hydrogens (primary N) is 1. The molecule has 0 spiro atoms. The van der Waals surface area contributed by atoms with Crippen LogP contribution in [-0.2, 0) is 25.5 Å². The molecule has 0 amide bonds. The molecule has 1 saturated heterocycles. The van der Waals surface area contributed by atoms with Gasteiger partial charge in [-0.15, -0.1) is 0 Å². The zero-order chi connectivity index (χ0) is 39.9. The summed E-state index contributed by atoms with van der Waals surface area (Å²) in [6.07, 6.45) is 13.8. The van der Waals surface area contributed by atoms with Gasteiger partial charge >= 0.3 is 11.9 Å². The molecule has 3 N–H and O–H groups in total. The molecular formula is C43H65N5O7. The van der Waals surface area contributed by atoms with Gasteiger partial charge in [-0.1, -0.05) is 72.6 Å². The summed E-state index contributed by atoms with van der Waals surface area (Å²) in [5.74, 6) is 2.93. The van der Waals surface area contributed by atoms with E-state index in [2.05, 4.69) is 49.6 Å². The summed E-state index contributed by atoms with van der Waals surface area (Å²) in [7, 11) is 0. The molecule has 4 heterocycles. The smallest absolute Gasteiger partial charge is 0.311 e. The normalized spacial score (nSPS) is 22.0. The van der Waals surface area contributed by atoms with Gasteiger partial charge in [0.15, 0.2) is 17.7 Å². The molecule has 2 aliphatic heterocycles. The zero-order valence-electron chi connectivity index (χ0n) is 34.5. The standard InChI is InChI=1S/C43H65N5O7/c1-26(2)12-9-13-27(3)14-10-15-28(4)16-11-20-43(8)21-19-33-31(7)38(29(5)30(6)39(33)55-43)54-36(51)18-17-35(50)53-34-22-32(23-49)52-42(34)48-25-47-37-40(44)45-24-46-41(37)48/h24-28,32,34,42,49H,9-23H2,1-8H3,(H2,44,45,46)/t27-,28-,32+,34-,42-,43-/m1/s1. The Morgan fingerprint density at radius 2 is 1.62 bits per heavy atom. The fourth-order valence-electron chi connectivity index (χ4n) is 8.25. The van der Waals surface area contributed by atoms with Crippen LogP contribution in [0.1, 0.15) is 147 Å². The summed E-state index contributed by atoms with van der Waals surface area (Å²) >= 11 is 0. The molecule has 0 unspecified atom stereocenters. The Morgan fingerprint density at radius 1 is 0.945 bits per heavy atom. The van der Waals surface area contributed by atoms with Crippen LogP contribution in [-0.4, -0.2) is 61.0 Å². The van der Waals surface area contributed by atoms with Crippen LogP contribution in [0.5, 0.6) is 11.5 Å². The lowest BCUT2D eigenvalue weighted by Gasteiger charge is -2.38. The van der Waals surface area contributed by atoms with E-state index in [0.29, 0.717) is 16.9 Å². The third kappa shape index (κ3) is 10.8. The molecule has 0 aliphatic carbocycles. The number of rotatable bonds is 19. The van der Waals surface area contributed by atoms with Crippen LogP contribution >= 0.6 is 0 Å². The molecule has 0 radical (unpaired) electrons. The van der Waals surface area contributed by atoms with Crippen molar-refractivity contribution >= 4 is 28.9 Å². The van der Waals surface area contributed by atoms with Crippen molar-refractivity contribution in [2.75, 3.05) is 12.3 Å². The highest BCUT2D eigenvalue weighted by molar-refractivity contribution is 5.81. The summed E-state index contributed by atoms with van der Waals surface area (Å²) in [5.41, 5.74) is 10.4. The quantitative estimate of drug-likeness (QED) is 0.0891. The minimum atomic E-state index is -0.781. The topological polar surface area (TPSA) is 161 Å². The maximum atomic E-state index is 13.1. The van der Waals surface area contributed by atoms with E-state index in [-0.39, 0.29) is 37.3 Å². The van der Waals surface area contributed by atoms with Crippen molar-refractivity contribution in [2.24, 2.45) is 17.8 Å². The number of ether oxygens (including phenoxy) is 4. The summed E-state index contributed by atoms with van der Waals surface area (Å²) in [5, 5.41) is 9.78. The third-order valence-corrected chi connectivity index (χ3v) is 11.9. The average Bonchev–Trinajstić information content (AvgIpc) is 3.76. The predicted molar refractivity (Wildman–Crippen MR) is 213 cm³/mol. The number of imidazole rings is 1. The molecule has 12 nitrogen and oxygen atoms in total. The van der Waals surface area contributed by atoms with Crippen LogP contribution in [0.3, 0.4) is 0 Å². The van der Waals surface area contributed by atoms with Crippen molar-refractivity contribution in [3.8, 4) is 11.5 Å². The van der Waals surface area contributed by atoms with E-state index < -0.39 is 30.4 Å². The number of aliphatic hydroxyl groups is 1. The van der Waals surface area contributed by atoms with E-state index >= 15 is 0 Å². The van der Waals surface area contributed by atoms with E-state index in [1.165, 1.54) is 57.6 Å². The van der Waals surface area contributed by atoms with Gasteiger partial charge in [0, 0.05) is 12.0 Å². The second-order valence-corrected chi connectivity index (χ2v) is 17.1. The lowest BCUT2D eigenvalue weighted by atomic mass is 9.83. The van der Waals surface area contributed by atoms with Crippen molar-refractivity contribution in [2.45, 2.75) is 169 Å². The Morgan fingerprint density at radius 3 is 2.31 bits per heavy atom. The molecule has 12 heteroatoms. The fourth-order valence-corrected chi connectivity index (χ4v) is 8.25. The number of esters is 2. The van der Waals surface area contributed by atoms with Gasteiger partial charge in [0.2, 0.25) is 0 Å². The summed E-state index contributed by atoms with van der Waals surface area (Å²) in [6.45, 7) is 17.4. The molecule has 55 heavy (non-hydrogen) atoms. The Labute approximate surface area is 327 Å². The highest BCUT2D eigenvalue weighted by Gasteiger charge is 2.40. The first-order valence-corrected chi connectivity index (χ1v) is 20.6. The maximum absolute atomic E-state index is 13.1. The summed E-state index contributed by atoms with van der Waals surface area (Å²) in [4.78, 5) is 38.7. The molecule has 5 rings (SSSR count). The monoisotopic (exact) mass is 763 g/mol. The molecule has 2 aromatic heterocycles. The largest absolute Gasteiger partial charge is 0.487 e. The first-order chi connectivity index (χ1) is 26.2. The number of nitrogen functional groups attached to an aromatic ring is 1. The average molecular weight is 764 g/mol. The number of nitrogens with zero attached hydrogens (tertiary/aromatic N) is 4. The van der Waals surface area contributed by atoms with Crippen LogP contribution in [0, 0.1) is 38.5 Å². The molecule has 1 aromatic carbocycles. The van der Waals surface area contributed by atoms with Gasteiger partial charge in [0.1, 0.15) is 35.0 Å². The highest BCUT2D eigenvalue weighted by Crippen LogP contribution is 2.45. The number of aromatic nitrogens is 4. The van der Waals surface area contributed by atoms with Gasteiger partial charge in [-0.2, -0.15) is 0 Å². The van der Waals surface area contributed by atoms with Gasteiger partial charge in [-0.3, -0.25) is 14.2 Å². The highest BCUT2D eigenvalue weighted by atomic mass is 16.6. The molecule has 6 atom stereocenters. The minimum absolute atomic E-state index is 0.155. The molecule has 304 valence electrons. The molecule has 3 aromatic rings. The Kier molecular flexibility index (Phi) is 14.6. The van der Waals surface area contributed by atoms with E-state index in [4.69, 9.17) is 24.7 Å². The van der Waals surface area contributed by atoms with Gasteiger partial charge in [-0.25, -0.2) is 15.0 Å². The second-order valence-electron chi connectivity index (χ2n) is 17.1. The number of hydrogen-bond donors (Lipinski definition) is 2. The van der Waals surface area contributed by atoms with E-state index in [1.807, 2.05) is 20.8 Å². The van der Waals surface area contributed by atoms with Crippen LogP contribution in [0.2, 0.25) is 0 Å². The molecule has 0 saturated carbocycles. The number of fused-ring (bicyclic) bond motifs is 2. The van der Waals surface area contributed by atoms with Crippen LogP contribution in [0.4, 0.5) is 5.82 Å². The number of carbonyl (C=O) groups excluding carboxylic acids is 2. The minimum Gasteiger partial charge on any atom is -0.487 e. The number of anilines is 1.